The molecule has 0 saturated carbocycles. The van der Waals surface area contributed by atoms with Gasteiger partial charge in [-0.25, -0.2) is 4.79 Å². The molecular weight excluding hydrogens is 196 g/mol. The van der Waals surface area contributed by atoms with Crippen LogP contribution >= 0.6 is 0 Å². The molecule has 0 spiro atoms. The van der Waals surface area contributed by atoms with Gasteiger partial charge in [-0.15, -0.1) is 0 Å². The van der Waals surface area contributed by atoms with Gasteiger partial charge in [-0.3, -0.25) is 0 Å². The summed E-state index contributed by atoms with van der Waals surface area (Å²) in [5, 5.41) is 5.13. The van der Waals surface area contributed by atoms with Crippen molar-refractivity contribution in [2.24, 2.45) is 5.10 Å². The SMILES string of the molecule is COc1ccc(N2N=CCOC2=O)cc1. The van der Waals surface area contributed by atoms with E-state index in [2.05, 4.69) is 5.10 Å². The van der Waals surface area contributed by atoms with E-state index in [0.29, 0.717) is 5.69 Å². The van der Waals surface area contributed by atoms with Crippen molar-refractivity contribution in [2.45, 2.75) is 0 Å². The molecule has 1 heterocycles. The van der Waals surface area contributed by atoms with Gasteiger partial charge in [0.1, 0.15) is 12.4 Å². The lowest BCUT2D eigenvalue weighted by Crippen LogP contribution is -2.31. The summed E-state index contributed by atoms with van der Waals surface area (Å²) in [5.74, 6) is 0.730. The van der Waals surface area contributed by atoms with Gasteiger partial charge in [-0.2, -0.15) is 10.1 Å². The van der Waals surface area contributed by atoms with Crippen molar-refractivity contribution >= 4 is 18.0 Å². The molecule has 15 heavy (non-hydrogen) atoms. The van der Waals surface area contributed by atoms with E-state index in [-0.39, 0.29) is 6.61 Å². The van der Waals surface area contributed by atoms with Gasteiger partial charge >= 0.3 is 6.09 Å². The van der Waals surface area contributed by atoms with Crippen molar-refractivity contribution in [3.8, 4) is 5.75 Å². The number of hydrazone groups is 1. The van der Waals surface area contributed by atoms with Crippen molar-refractivity contribution < 1.29 is 14.3 Å². The fourth-order valence-corrected chi connectivity index (χ4v) is 1.23. The van der Waals surface area contributed by atoms with Crippen molar-refractivity contribution in [2.75, 3.05) is 18.7 Å². The number of ether oxygens (including phenoxy) is 2. The summed E-state index contributed by atoms with van der Waals surface area (Å²) >= 11 is 0. The highest BCUT2D eigenvalue weighted by Crippen LogP contribution is 2.20. The van der Waals surface area contributed by atoms with E-state index in [1.165, 1.54) is 11.2 Å². The first-order valence-electron chi connectivity index (χ1n) is 4.44. The first kappa shape index (κ1) is 9.51. The molecule has 1 aliphatic rings. The zero-order valence-corrected chi connectivity index (χ0v) is 8.21. The zero-order chi connectivity index (χ0) is 10.7. The number of cyclic esters (lactones) is 1. The molecular formula is C10H10N2O3. The summed E-state index contributed by atoms with van der Waals surface area (Å²) in [7, 11) is 1.59. The van der Waals surface area contributed by atoms with E-state index in [9.17, 15) is 4.79 Å². The summed E-state index contributed by atoms with van der Waals surface area (Å²) in [4.78, 5) is 11.3. The van der Waals surface area contributed by atoms with Gasteiger partial charge < -0.3 is 9.47 Å². The number of methoxy groups -OCH3 is 1. The van der Waals surface area contributed by atoms with Crippen LogP contribution in [0.5, 0.6) is 5.75 Å². The summed E-state index contributed by atoms with van der Waals surface area (Å²) in [6.07, 6.45) is 1.06. The van der Waals surface area contributed by atoms with Crippen molar-refractivity contribution in [3.05, 3.63) is 24.3 Å². The Morgan fingerprint density at radius 1 is 1.40 bits per heavy atom. The molecule has 1 amide bonds. The second kappa shape index (κ2) is 4.00. The third kappa shape index (κ3) is 1.90. The number of anilines is 1. The van der Waals surface area contributed by atoms with Crippen LogP contribution in [-0.2, 0) is 4.74 Å². The van der Waals surface area contributed by atoms with Gasteiger partial charge in [-0.05, 0) is 24.3 Å². The van der Waals surface area contributed by atoms with Crippen molar-refractivity contribution in [1.29, 1.82) is 0 Å². The molecule has 0 saturated heterocycles. The Labute approximate surface area is 86.9 Å². The monoisotopic (exact) mass is 206 g/mol. The van der Waals surface area contributed by atoms with Crippen molar-refractivity contribution in [3.63, 3.8) is 0 Å². The van der Waals surface area contributed by atoms with Crippen LogP contribution in [0.15, 0.2) is 29.4 Å². The number of amides is 1. The van der Waals surface area contributed by atoms with Crippen molar-refractivity contribution in [1.82, 2.24) is 0 Å². The molecule has 1 aromatic carbocycles. The topological polar surface area (TPSA) is 51.1 Å². The Morgan fingerprint density at radius 2 is 2.13 bits per heavy atom. The minimum atomic E-state index is -0.470. The van der Waals surface area contributed by atoms with Crippen LogP contribution in [0.3, 0.4) is 0 Å². The average molecular weight is 206 g/mol. The lowest BCUT2D eigenvalue weighted by molar-refractivity contribution is 0.167. The molecule has 5 nitrogen and oxygen atoms in total. The van der Waals surface area contributed by atoms with E-state index >= 15 is 0 Å². The number of carbonyl (C=O) groups excluding carboxylic acids is 1. The predicted octanol–water partition coefficient (Wildman–Crippen LogP) is 1.64. The molecule has 5 heteroatoms. The number of carbonyl (C=O) groups is 1. The first-order chi connectivity index (χ1) is 7.31. The number of nitrogens with zero attached hydrogens (tertiary/aromatic N) is 2. The van der Waals surface area contributed by atoms with E-state index in [4.69, 9.17) is 9.47 Å². The van der Waals surface area contributed by atoms with Crippen LogP contribution in [0.1, 0.15) is 0 Å². The Hall–Kier alpha value is -2.04. The lowest BCUT2D eigenvalue weighted by Gasteiger charge is -2.19. The maximum absolute atomic E-state index is 11.3. The van der Waals surface area contributed by atoms with Gasteiger partial charge in [0.05, 0.1) is 19.0 Å². The van der Waals surface area contributed by atoms with E-state index in [1.54, 1.807) is 31.4 Å². The fourth-order valence-electron chi connectivity index (χ4n) is 1.23. The van der Waals surface area contributed by atoms with Gasteiger partial charge in [0.2, 0.25) is 0 Å². The second-order valence-electron chi connectivity index (χ2n) is 2.88. The number of hydrogen-bond donors (Lipinski definition) is 0. The fraction of sp³-hybridized carbons (Fsp3) is 0.200. The molecule has 0 aliphatic carbocycles. The number of rotatable bonds is 2. The van der Waals surface area contributed by atoms with E-state index < -0.39 is 6.09 Å². The highest BCUT2D eigenvalue weighted by molar-refractivity contribution is 5.91. The summed E-state index contributed by atoms with van der Waals surface area (Å²) in [6, 6.07) is 6.99. The largest absolute Gasteiger partial charge is 0.497 e. The highest BCUT2D eigenvalue weighted by atomic mass is 16.6. The van der Waals surface area contributed by atoms with Gasteiger partial charge in [-0.1, -0.05) is 0 Å². The number of hydrogen-bond acceptors (Lipinski definition) is 4. The molecule has 0 atom stereocenters. The molecule has 0 N–H and O–H groups in total. The van der Waals surface area contributed by atoms with Crippen LogP contribution in [0, 0.1) is 0 Å². The smallest absolute Gasteiger partial charge is 0.435 e. The van der Waals surface area contributed by atoms with Crippen LogP contribution in [0.25, 0.3) is 0 Å². The average Bonchev–Trinajstić information content (AvgIpc) is 2.30. The molecule has 0 radical (unpaired) electrons. The van der Waals surface area contributed by atoms with E-state index in [0.717, 1.165) is 5.75 Å². The second-order valence-corrected chi connectivity index (χ2v) is 2.88. The molecule has 1 aromatic rings. The molecule has 0 bridgehead atoms. The Morgan fingerprint density at radius 3 is 2.73 bits per heavy atom. The van der Waals surface area contributed by atoms with E-state index in [1.807, 2.05) is 0 Å². The first-order valence-corrected chi connectivity index (χ1v) is 4.44. The van der Waals surface area contributed by atoms with Gasteiger partial charge in [0.15, 0.2) is 0 Å². The Balaban J connectivity index is 2.24. The summed E-state index contributed by atoms with van der Waals surface area (Å²) in [5.41, 5.74) is 0.650. The lowest BCUT2D eigenvalue weighted by atomic mass is 10.3. The quantitative estimate of drug-likeness (QED) is 0.739. The van der Waals surface area contributed by atoms with Crippen LogP contribution in [0.2, 0.25) is 0 Å². The third-order valence-electron chi connectivity index (χ3n) is 1.97. The van der Waals surface area contributed by atoms with Crippen LogP contribution in [0.4, 0.5) is 10.5 Å². The molecule has 0 fully saturated rings. The molecule has 2 rings (SSSR count). The van der Waals surface area contributed by atoms with Crippen LogP contribution in [-0.4, -0.2) is 26.0 Å². The molecule has 1 aliphatic heterocycles. The number of benzene rings is 1. The minimum absolute atomic E-state index is 0.228. The maximum atomic E-state index is 11.3. The maximum Gasteiger partial charge on any atom is 0.435 e. The minimum Gasteiger partial charge on any atom is -0.497 e. The zero-order valence-electron chi connectivity index (χ0n) is 8.21. The predicted molar refractivity (Wildman–Crippen MR) is 55.3 cm³/mol. The third-order valence-corrected chi connectivity index (χ3v) is 1.97. The van der Waals surface area contributed by atoms with Gasteiger partial charge in [0.25, 0.3) is 0 Å². The summed E-state index contributed by atoms with van der Waals surface area (Å²) < 4.78 is 9.82. The summed E-state index contributed by atoms with van der Waals surface area (Å²) in [6.45, 7) is 0.228. The van der Waals surface area contributed by atoms with Gasteiger partial charge in [0, 0.05) is 0 Å². The highest BCUT2D eigenvalue weighted by Gasteiger charge is 2.18. The van der Waals surface area contributed by atoms with Crippen LogP contribution < -0.4 is 9.75 Å². The Kier molecular flexibility index (Phi) is 2.53. The standard InChI is InChI=1S/C10H10N2O3/c1-14-9-4-2-8(3-5-9)12-10(13)15-7-6-11-12/h2-6H,7H2,1H3. The molecule has 78 valence electrons. The normalized spacial score (nSPS) is 15.0. The Bertz CT molecular complexity index is 386. The molecule has 0 unspecified atom stereocenters. The molecule has 0 aromatic heterocycles.